The lowest BCUT2D eigenvalue weighted by Crippen LogP contribution is -2.45. The molecule has 2 fully saturated rings. The summed E-state index contributed by atoms with van der Waals surface area (Å²) in [5.74, 6) is 0.768. The van der Waals surface area contributed by atoms with Crippen molar-refractivity contribution in [1.29, 1.82) is 0 Å². The fourth-order valence-corrected chi connectivity index (χ4v) is 4.08. The van der Waals surface area contributed by atoms with Crippen molar-refractivity contribution in [2.24, 2.45) is 11.7 Å². The minimum atomic E-state index is 0.296. The fourth-order valence-electron chi connectivity index (χ4n) is 4.08. The predicted molar refractivity (Wildman–Crippen MR) is 102 cm³/mol. The molecule has 1 saturated carbocycles. The molecule has 0 aromatic heterocycles. The quantitative estimate of drug-likeness (QED) is 0.886. The first-order valence-corrected chi connectivity index (χ1v) is 9.51. The van der Waals surface area contributed by atoms with Crippen LogP contribution in [0.25, 0.3) is 0 Å². The van der Waals surface area contributed by atoms with Crippen LogP contribution in [0.15, 0.2) is 18.2 Å². The second-order valence-corrected chi connectivity index (χ2v) is 7.82. The third-order valence-corrected chi connectivity index (χ3v) is 5.47. The molecule has 0 amide bonds. The average Bonchev–Trinajstić information content (AvgIpc) is 2.54. The number of nitrogens with one attached hydrogen (secondary N) is 1. The Kier molecular flexibility index (Phi) is 5.67. The van der Waals surface area contributed by atoms with Crippen molar-refractivity contribution >= 4 is 11.4 Å². The molecule has 0 bridgehead atoms. The standard InChI is InChI=1S/C20H33N3O/c1-14-10-19(23-12-15(2)24-16(3)13-23)8-9-20(14)22-11-17-4-6-18(21)7-5-17/h8-10,15-18,22H,4-7,11-13,21H2,1-3H3/t15-,16+,17-,18-. The van der Waals surface area contributed by atoms with Crippen molar-refractivity contribution in [3.8, 4) is 0 Å². The summed E-state index contributed by atoms with van der Waals surface area (Å²) < 4.78 is 5.84. The normalized spacial score (nSPS) is 31.1. The number of anilines is 2. The number of ether oxygens (including phenoxy) is 1. The number of morpholine rings is 1. The first-order chi connectivity index (χ1) is 11.5. The number of nitrogens with two attached hydrogens (primary N) is 1. The lowest BCUT2D eigenvalue weighted by atomic mass is 9.86. The number of rotatable bonds is 4. The van der Waals surface area contributed by atoms with Gasteiger partial charge in [-0.2, -0.15) is 0 Å². The Morgan fingerprint density at radius 2 is 1.79 bits per heavy atom. The Morgan fingerprint density at radius 3 is 2.42 bits per heavy atom. The van der Waals surface area contributed by atoms with Gasteiger partial charge in [0.1, 0.15) is 0 Å². The molecule has 3 N–H and O–H groups in total. The minimum Gasteiger partial charge on any atom is -0.385 e. The van der Waals surface area contributed by atoms with Gasteiger partial charge in [-0.1, -0.05) is 0 Å². The van der Waals surface area contributed by atoms with Gasteiger partial charge >= 0.3 is 0 Å². The molecule has 1 aromatic carbocycles. The molecule has 0 radical (unpaired) electrons. The third kappa shape index (κ3) is 4.42. The molecule has 1 aromatic rings. The maximum Gasteiger partial charge on any atom is 0.0726 e. The molecule has 1 aliphatic carbocycles. The molecule has 2 atom stereocenters. The van der Waals surface area contributed by atoms with Crippen LogP contribution in [0.5, 0.6) is 0 Å². The molecule has 134 valence electrons. The highest BCUT2D eigenvalue weighted by Crippen LogP contribution is 2.27. The van der Waals surface area contributed by atoms with Gasteiger partial charge in [0.05, 0.1) is 12.2 Å². The van der Waals surface area contributed by atoms with E-state index >= 15 is 0 Å². The molecule has 4 heteroatoms. The summed E-state index contributed by atoms with van der Waals surface area (Å²) in [7, 11) is 0. The van der Waals surface area contributed by atoms with Gasteiger partial charge in [-0.15, -0.1) is 0 Å². The lowest BCUT2D eigenvalue weighted by Gasteiger charge is -2.37. The summed E-state index contributed by atoms with van der Waals surface area (Å²) in [5, 5.41) is 3.66. The third-order valence-electron chi connectivity index (χ3n) is 5.47. The molecule has 1 aliphatic heterocycles. The van der Waals surface area contributed by atoms with Gasteiger partial charge < -0.3 is 20.7 Å². The summed E-state index contributed by atoms with van der Waals surface area (Å²) in [6, 6.07) is 7.23. The highest BCUT2D eigenvalue weighted by molar-refractivity contribution is 5.60. The summed E-state index contributed by atoms with van der Waals surface area (Å²) in [4.78, 5) is 2.44. The number of nitrogens with zero attached hydrogens (tertiary/aromatic N) is 1. The Morgan fingerprint density at radius 1 is 1.12 bits per heavy atom. The predicted octanol–water partition coefficient (Wildman–Crippen LogP) is 3.54. The van der Waals surface area contributed by atoms with E-state index in [1.54, 1.807) is 0 Å². The summed E-state index contributed by atoms with van der Waals surface area (Å²) in [6.07, 6.45) is 5.47. The van der Waals surface area contributed by atoms with Crippen LogP contribution in [0.3, 0.4) is 0 Å². The molecule has 1 saturated heterocycles. The zero-order chi connectivity index (χ0) is 17.1. The maximum atomic E-state index is 6.00. The van der Waals surface area contributed by atoms with Crippen molar-refractivity contribution < 1.29 is 4.74 Å². The second kappa shape index (κ2) is 7.75. The van der Waals surface area contributed by atoms with Crippen molar-refractivity contribution in [1.82, 2.24) is 0 Å². The van der Waals surface area contributed by atoms with Gasteiger partial charge in [0.25, 0.3) is 0 Å². The van der Waals surface area contributed by atoms with E-state index in [9.17, 15) is 0 Å². The molecule has 4 nitrogen and oxygen atoms in total. The van der Waals surface area contributed by atoms with Gasteiger partial charge in [-0.3, -0.25) is 0 Å². The van der Waals surface area contributed by atoms with E-state index in [4.69, 9.17) is 10.5 Å². The molecule has 0 unspecified atom stereocenters. The van der Waals surface area contributed by atoms with Crippen LogP contribution in [-0.2, 0) is 4.74 Å². The lowest BCUT2D eigenvalue weighted by molar-refractivity contribution is -0.00521. The van der Waals surface area contributed by atoms with Crippen LogP contribution < -0.4 is 16.0 Å². The van der Waals surface area contributed by atoms with Crippen LogP contribution in [0.2, 0.25) is 0 Å². The number of benzene rings is 1. The topological polar surface area (TPSA) is 50.5 Å². The van der Waals surface area contributed by atoms with E-state index in [-0.39, 0.29) is 0 Å². The molecule has 0 spiro atoms. The Balaban J connectivity index is 1.58. The maximum absolute atomic E-state index is 6.00. The number of hydrogen-bond acceptors (Lipinski definition) is 4. The van der Waals surface area contributed by atoms with E-state index in [1.165, 1.54) is 42.6 Å². The van der Waals surface area contributed by atoms with Crippen molar-refractivity contribution in [2.45, 2.75) is 64.7 Å². The number of hydrogen-bond donors (Lipinski definition) is 2. The SMILES string of the molecule is Cc1cc(N2C[C@@H](C)O[C@@H](C)C2)ccc1NC[C@H]1CC[C@H](N)CC1. The largest absolute Gasteiger partial charge is 0.385 e. The van der Waals surface area contributed by atoms with Crippen molar-refractivity contribution in [3.05, 3.63) is 23.8 Å². The molecular formula is C20H33N3O. The first kappa shape index (κ1) is 17.6. The summed E-state index contributed by atoms with van der Waals surface area (Å²) >= 11 is 0. The second-order valence-electron chi connectivity index (χ2n) is 7.82. The van der Waals surface area contributed by atoms with Crippen LogP contribution in [0.4, 0.5) is 11.4 Å². The van der Waals surface area contributed by atoms with Crippen molar-refractivity contribution in [2.75, 3.05) is 29.9 Å². The van der Waals surface area contributed by atoms with E-state index in [2.05, 4.69) is 49.2 Å². The fraction of sp³-hybridized carbons (Fsp3) is 0.700. The number of aryl methyl sites for hydroxylation is 1. The Hall–Kier alpha value is -1.26. The summed E-state index contributed by atoms with van der Waals surface area (Å²) in [6.45, 7) is 9.52. The molecule has 24 heavy (non-hydrogen) atoms. The van der Waals surface area contributed by atoms with Gasteiger partial charge in [0, 0.05) is 37.1 Å². The highest BCUT2D eigenvalue weighted by atomic mass is 16.5. The van der Waals surface area contributed by atoms with Gasteiger partial charge in [0.2, 0.25) is 0 Å². The molecule has 2 aliphatic rings. The van der Waals surface area contributed by atoms with Crippen LogP contribution >= 0.6 is 0 Å². The van der Waals surface area contributed by atoms with E-state index in [0.717, 1.165) is 25.6 Å². The molecule has 3 rings (SSSR count). The smallest absolute Gasteiger partial charge is 0.0726 e. The monoisotopic (exact) mass is 331 g/mol. The first-order valence-electron chi connectivity index (χ1n) is 9.51. The summed E-state index contributed by atoms with van der Waals surface area (Å²) in [5.41, 5.74) is 9.90. The van der Waals surface area contributed by atoms with Crippen molar-refractivity contribution in [3.63, 3.8) is 0 Å². The average molecular weight is 332 g/mol. The van der Waals surface area contributed by atoms with E-state index in [0.29, 0.717) is 18.2 Å². The Bertz CT molecular complexity index is 530. The van der Waals surface area contributed by atoms with Crippen LogP contribution in [-0.4, -0.2) is 37.9 Å². The highest BCUT2D eigenvalue weighted by Gasteiger charge is 2.23. The van der Waals surface area contributed by atoms with E-state index < -0.39 is 0 Å². The van der Waals surface area contributed by atoms with Gasteiger partial charge in [0.15, 0.2) is 0 Å². The molecule has 1 heterocycles. The molecular weight excluding hydrogens is 298 g/mol. The van der Waals surface area contributed by atoms with Crippen LogP contribution in [0, 0.1) is 12.8 Å². The zero-order valence-electron chi connectivity index (χ0n) is 15.4. The van der Waals surface area contributed by atoms with Gasteiger partial charge in [-0.25, -0.2) is 0 Å². The van der Waals surface area contributed by atoms with Crippen LogP contribution in [0.1, 0.15) is 45.1 Å². The van der Waals surface area contributed by atoms with Gasteiger partial charge in [-0.05, 0) is 76.1 Å². The Labute approximate surface area is 146 Å². The van der Waals surface area contributed by atoms with E-state index in [1.807, 2.05) is 0 Å². The minimum absolute atomic E-state index is 0.296. The zero-order valence-corrected chi connectivity index (χ0v) is 15.4.